The number of alkyl halides is 3. The van der Waals surface area contributed by atoms with E-state index in [-0.39, 0.29) is 6.07 Å². The highest BCUT2D eigenvalue weighted by atomic mass is 19.4. The summed E-state index contributed by atoms with van der Waals surface area (Å²) in [4.78, 5) is 22.8. The minimum Gasteiger partial charge on any atom is -0.481 e. The van der Waals surface area contributed by atoms with Crippen LogP contribution < -0.4 is 0 Å². The highest BCUT2D eigenvalue weighted by Gasteiger charge is 2.37. The second-order valence-corrected chi connectivity index (χ2v) is 4.47. The minimum absolute atomic E-state index is 0.228. The first kappa shape index (κ1) is 16.1. The van der Waals surface area contributed by atoms with Crippen LogP contribution in [0.2, 0.25) is 0 Å². The zero-order valence-corrected chi connectivity index (χ0v) is 10.7. The van der Waals surface area contributed by atoms with Crippen LogP contribution in [0.25, 0.3) is 0 Å². The van der Waals surface area contributed by atoms with Crippen molar-refractivity contribution in [1.29, 1.82) is 0 Å². The third-order valence-corrected chi connectivity index (χ3v) is 3.11. The maximum Gasteiger partial charge on any atom is 0.417 e. The van der Waals surface area contributed by atoms with Gasteiger partial charge in [0, 0.05) is 11.5 Å². The van der Waals surface area contributed by atoms with E-state index in [9.17, 15) is 27.2 Å². The molecule has 20 heavy (non-hydrogen) atoms. The molecule has 0 saturated heterocycles. The molecule has 1 aromatic carbocycles. The Morgan fingerprint density at radius 2 is 1.70 bits per heavy atom. The lowest BCUT2D eigenvalue weighted by Crippen LogP contribution is -2.27. The van der Waals surface area contributed by atoms with Crippen LogP contribution in [0.3, 0.4) is 0 Å². The molecular formula is C13H12F4O3. The predicted octanol–water partition coefficient (Wildman–Crippen LogP) is 3.38. The molecule has 0 radical (unpaired) electrons. The van der Waals surface area contributed by atoms with Gasteiger partial charge in [-0.2, -0.15) is 13.2 Å². The molecule has 0 aromatic heterocycles. The number of rotatable bonds is 4. The Bertz CT molecular complexity index is 537. The molecule has 110 valence electrons. The number of halogens is 4. The monoisotopic (exact) mass is 292 g/mol. The topological polar surface area (TPSA) is 54.4 Å². The van der Waals surface area contributed by atoms with Crippen molar-refractivity contribution in [3.8, 4) is 0 Å². The van der Waals surface area contributed by atoms with E-state index < -0.39 is 46.7 Å². The highest BCUT2D eigenvalue weighted by molar-refractivity contribution is 6.00. The highest BCUT2D eigenvalue weighted by Crippen LogP contribution is 2.34. The number of benzene rings is 1. The molecule has 0 aliphatic carbocycles. The Morgan fingerprint density at radius 1 is 1.15 bits per heavy atom. The summed E-state index contributed by atoms with van der Waals surface area (Å²) in [6, 6.07) is 1.69. The van der Waals surface area contributed by atoms with Gasteiger partial charge in [-0.15, -0.1) is 0 Å². The first-order valence-electron chi connectivity index (χ1n) is 5.69. The Kier molecular flexibility index (Phi) is 4.52. The first-order chi connectivity index (χ1) is 9.05. The summed E-state index contributed by atoms with van der Waals surface area (Å²) < 4.78 is 51.3. The second-order valence-electron chi connectivity index (χ2n) is 4.47. The summed E-state index contributed by atoms with van der Waals surface area (Å²) in [5.41, 5.74) is -2.12. The third kappa shape index (κ3) is 3.34. The lowest BCUT2D eigenvalue weighted by molar-refractivity contribution is -0.142. The number of Topliss-reactive ketones (excluding diaryl/α,β-unsaturated/α-hetero) is 1. The number of carbonyl (C=O) groups is 2. The first-order valence-corrected chi connectivity index (χ1v) is 5.69. The second kappa shape index (κ2) is 5.60. The van der Waals surface area contributed by atoms with Gasteiger partial charge in [-0.05, 0) is 18.2 Å². The van der Waals surface area contributed by atoms with E-state index in [1.54, 1.807) is 0 Å². The van der Waals surface area contributed by atoms with Crippen LogP contribution in [0.5, 0.6) is 0 Å². The van der Waals surface area contributed by atoms with Gasteiger partial charge in [-0.3, -0.25) is 9.59 Å². The average Bonchev–Trinajstić information content (AvgIpc) is 2.34. The number of hydrogen-bond acceptors (Lipinski definition) is 2. The largest absolute Gasteiger partial charge is 0.481 e. The lowest BCUT2D eigenvalue weighted by atomic mass is 9.86. The summed E-state index contributed by atoms with van der Waals surface area (Å²) in [5.74, 6) is -5.69. The molecule has 0 amide bonds. The van der Waals surface area contributed by atoms with Crippen molar-refractivity contribution in [3.63, 3.8) is 0 Å². The van der Waals surface area contributed by atoms with Gasteiger partial charge < -0.3 is 5.11 Å². The van der Waals surface area contributed by atoms with E-state index in [1.165, 1.54) is 13.8 Å². The van der Waals surface area contributed by atoms with E-state index >= 15 is 0 Å². The Labute approximate surface area is 112 Å². The normalized spacial score (nSPS) is 14.7. The van der Waals surface area contributed by atoms with Gasteiger partial charge >= 0.3 is 12.1 Å². The maximum atomic E-state index is 12.9. The van der Waals surface area contributed by atoms with E-state index in [4.69, 9.17) is 5.11 Å². The predicted molar refractivity (Wildman–Crippen MR) is 61.7 cm³/mol. The molecule has 7 heteroatoms. The number of hydrogen-bond donors (Lipinski definition) is 1. The van der Waals surface area contributed by atoms with Crippen LogP contribution in [-0.4, -0.2) is 16.9 Å². The van der Waals surface area contributed by atoms with Gasteiger partial charge in [0.15, 0.2) is 5.78 Å². The lowest BCUT2D eigenvalue weighted by Gasteiger charge is -2.18. The van der Waals surface area contributed by atoms with Crippen molar-refractivity contribution >= 4 is 11.8 Å². The van der Waals surface area contributed by atoms with Crippen LogP contribution in [0.15, 0.2) is 18.2 Å². The zero-order valence-electron chi connectivity index (χ0n) is 10.7. The van der Waals surface area contributed by atoms with Crippen molar-refractivity contribution in [1.82, 2.24) is 0 Å². The molecule has 0 fully saturated rings. The number of carbonyl (C=O) groups excluding carboxylic acids is 1. The Hall–Kier alpha value is -1.92. The van der Waals surface area contributed by atoms with Gasteiger partial charge in [-0.25, -0.2) is 4.39 Å². The molecule has 3 nitrogen and oxygen atoms in total. The van der Waals surface area contributed by atoms with Crippen molar-refractivity contribution in [2.45, 2.75) is 20.0 Å². The van der Waals surface area contributed by atoms with E-state index in [1.807, 2.05) is 0 Å². The van der Waals surface area contributed by atoms with Crippen LogP contribution >= 0.6 is 0 Å². The molecule has 0 heterocycles. The summed E-state index contributed by atoms with van der Waals surface area (Å²) >= 11 is 0. The molecule has 2 atom stereocenters. The summed E-state index contributed by atoms with van der Waals surface area (Å²) in [7, 11) is 0. The van der Waals surface area contributed by atoms with Crippen molar-refractivity contribution in [2.75, 3.05) is 0 Å². The molecule has 1 N–H and O–H groups in total. The van der Waals surface area contributed by atoms with Gasteiger partial charge in [-0.1, -0.05) is 13.8 Å². The fraction of sp³-hybridized carbons (Fsp3) is 0.385. The van der Waals surface area contributed by atoms with Gasteiger partial charge in [0.25, 0.3) is 0 Å². The summed E-state index contributed by atoms with van der Waals surface area (Å²) in [5, 5.41) is 8.79. The maximum absolute atomic E-state index is 12.9. The molecule has 0 bridgehead atoms. The standard InChI is InChI=1S/C13H12F4O3/c1-6(7(2)12(19)20)11(18)9-4-3-8(14)5-10(9)13(15,16)17/h3-7H,1-2H3,(H,19,20). The van der Waals surface area contributed by atoms with Crippen LogP contribution in [0.1, 0.15) is 29.8 Å². The zero-order chi connectivity index (χ0) is 15.7. The fourth-order valence-electron chi connectivity index (χ4n) is 1.65. The molecule has 0 spiro atoms. The van der Waals surface area contributed by atoms with Crippen LogP contribution in [0.4, 0.5) is 17.6 Å². The average molecular weight is 292 g/mol. The van der Waals surface area contributed by atoms with E-state index in [0.717, 1.165) is 12.1 Å². The quantitative estimate of drug-likeness (QED) is 0.683. The SMILES string of the molecule is CC(C(=O)O)C(C)C(=O)c1ccc(F)cc1C(F)(F)F. The molecule has 0 saturated carbocycles. The Balaban J connectivity index is 3.26. The van der Waals surface area contributed by atoms with Crippen molar-refractivity contribution in [2.24, 2.45) is 11.8 Å². The number of carboxylic acid groups (broad SMARTS) is 1. The molecule has 1 aromatic rings. The van der Waals surface area contributed by atoms with Gasteiger partial charge in [0.2, 0.25) is 0 Å². The number of ketones is 1. The smallest absolute Gasteiger partial charge is 0.417 e. The number of carboxylic acids is 1. The van der Waals surface area contributed by atoms with Crippen molar-refractivity contribution in [3.05, 3.63) is 35.1 Å². The molecule has 0 aliphatic heterocycles. The summed E-state index contributed by atoms with van der Waals surface area (Å²) in [6.07, 6.45) is -4.89. The number of aliphatic carboxylic acids is 1. The minimum atomic E-state index is -4.89. The molecule has 1 rings (SSSR count). The van der Waals surface area contributed by atoms with Gasteiger partial charge in [0.05, 0.1) is 11.5 Å². The third-order valence-electron chi connectivity index (χ3n) is 3.11. The van der Waals surface area contributed by atoms with E-state index in [2.05, 4.69) is 0 Å². The van der Waals surface area contributed by atoms with Crippen LogP contribution in [0, 0.1) is 17.7 Å². The molecular weight excluding hydrogens is 280 g/mol. The molecule has 2 unspecified atom stereocenters. The molecule has 0 aliphatic rings. The van der Waals surface area contributed by atoms with E-state index in [0.29, 0.717) is 0 Å². The summed E-state index contributed by atoms with van der Waals surface area (Å²) in [6.45, 7) is 2.45. The Morgan fingerprint density at radius 3 is 2.15 bits per heavy atom. The van der Waals surface area contributed by atoms with Gasteiger partial charge in [0.1, 0.15) is 5.82 Å². The van der Waals surface area contributed by atoms with Crippen LogP contribution in [-0.2, 0) is 11.0 Å². The fourth-order valence-corrected chi connectivity index (χ4v) is 1.65. The van der Waals surface area contributed by atoms with Crippen molar-refractivity contribution < 1.29 is 32.3 Å².